The number of benzene rings is 1. The largest absolute Gasteiger partial charge is 0.497 e. The fraction of sp³-hybridized carbons (Fsp3) is 0.333. The van der Waals surface area contributed by atoms with Gasteiger partial charge in [-0.25, -0.2) is 0 Å². The first-order valence-electron chi connectivity index (χ1n) is 4.92. The molecule has 0 saturated heterocycles. The molecule has 0 radical (unpaired) electrons. The van der Waals surface area contributed by atoms with Crippen LogP contribution in [0.2, 0.25) is 0 Å². The van der Waals surface area contributed by atoms with Crippen molar-refractivity contribution in [2.24, 2.45) is 5.84 Å². The highest BCUT2D eigenvalue weighted by Crippen LogP contribution is 2.14. The van der Waals surface area contributed by atoms with Crippen molar-refractivity contribution < 1.29 is 4.74 Å². The molecule has 0 saturated carbocycles. The van der Waals surface area contributed by atoms with E-state index in [1.165, 1.54) is 5.56 Å². The van der Waals surface area contributed by atoms with E-state index in [4.69, 9.17) is 10.6 Å². The monoisotopic (exact) mass is 206 g/mol. The Labute approximate surface area is 90.9 Å². The Bertz CT molecular complexity index is 319. The van der Waals surface area contributed by atoms with Gasteiger partial charge in [-0.2, -0.15) is 0 Å². The molecule has 1 unspecified atom stereocenters. The fourth-order valence-corrected chi connectivity index (χ4v) is 1.37. The zero-order valence-corrected chi connectivity index (χ0v) is 9.29. The third-order valence-corrected chi connectivity index (χ3v) is 2.39. The maximum absolute atomic E-state index is 5.44. The smallest absolute Gasteiger partial charge is 0.118 e. The van der Waals surface area contributed by atoms with Crippen LogP contribution >= 0.6 is 0 Å². The lowest BCUT2D eigenvalue weighted by Crippen LogP contribution is -2.37. The van der Waals surface area contributed by atoms with E-state index < -0.39 is 0 Å². The molecule has 0 aromatic heterocycles. The molecule has 0 spiro atoms. The molecule has 3 N–H and O–H groups in total. The number of methoxy groups -OCH3 is 1. The van der Waals surface area contributed by atoms with E-state index in [0.29, 0.717) is 0 Å². The van der Waals surface area contributed by atoms with Crippen LogP contribution in [0.1, 0.15) is 12.5 Å². The molecule has 1 aromatic rings. The zero-order chi connectivity index (χ0) is 11.3. The molecule has 0 amide bonds. The summed E-state index contributed by atoms with van der Waals surface area (Å²) < 4.78 is 5.09. The van der Waals surface area contributed by atoms with E-state index in [1.807, 2.05) is 31.2 Å². The van der Waals surface area contributed by atoms with Crippen molar-refractivity contribution in [2.45, 2.75) is 19.4 Å². The molecule has 15 heavy (non-hydrogen) atoms. The summed E-state index contributed by atoms with van der Waals surface area (Å²) >= 11 is 0. The Hall–Kier alpha value is -1.32. The van der Waals surface area contributed by atoms with Gasteiger partial charge in [0, 0.05) is 6.04 Å². The van der Waals surface area contributed by atoms with Crippen LogP contribution in [-0.2, 0) is 6.42 Å². The number of nitrogens with two attached hydrogens (primary N) is 1. The summed E-state index contributed by atoms with van der Waals surface area (Å²) in [7, 11) is 1.66. The topological polar surface area (TPSA) is 47.3 Å². The van der Waals surface area contributed by atoms with Gasteiger partial charge >= 0.3 is 0 Å². The molecule has 82 valence electrons. The van der Waals surface area contributed by atoms with E-state index in [-0.39, 0.29) is 6.04 Å². The van der Waals surface area contributed by atoms with Gasteiger partial charge in [0.05, 0.1) is 7.11 Å². The van der Waals surface area contributed by atoms with E-state index in [1.54, 1.807) is 7.11 Å². The standard InChI is InChI=1S/C12H18N2O/c1-9(2)12(14-13)8-10-4-6-11(15-3)7-5-10/h4-7,12,14H,1,8,13H2,2-3H3. The van der Waals surface area contributed by atoms with Crippen molar-refractivity contribution in [1.29, 1.82) is 0 Å². The lowest BCUT2D eigenvalue weighted by atomic mass is 10.0. The third kappa shape index (κ3) is 3.38. The summed E-state index contributed by atoms with van der Waals surface area (Å²) in [6.45, 7) is 5.86. The molecule has 1 rings (SSSR count). The normalized spacial score (nSPS) is 12.2. The second-order valence-electron chi connectivity index (χ2n) is 3.62. The summed E-state index contributed by atoms with van der Waals surface area (Å²) in [4.78, 5) is 0. The summed E-state index contributed by atoms with van der Waals surface area (Å²) in [5.74, 6) is 6.31. The first kappa shape index (κ1) is 11.8. The highest BCUT2D eigenvalue weighted by atomic mass is 16.5. The Kier molecular flexibility index (Phi) is 4.34. The minimum atomic E-state index is 0.124. The number of rotatable bonds is 5. The molecule has 0 aliphatic carbocycles. The Morgan fingerprint density at radius 3 is 2.47 bits per heavy atom. The van der Waals surface area contributed by atoms with Gasteiger partial charge in [0.1, 0.15) is 5.75 Å². The zero-order valence-electron chi connectivity index (χ0n) is 9.29. The van der Waals surface area contributed by atoms with Gasteiger partial charge in [0.25, 0.3) is 0 Å². The van der Waals surface area contributed by atoms with Crippen LogP contribution in [0.15, 0.2) is 36.4 Å². The highest BCUT2D eigenvalue weighted by Gasteiger charge is 2.07. The van der Waals surface area contributed by atoms with E-state index in [0.717, 1.165) is 17.7 Å². The number of hydrogen-bond acceptors (Lipinski definition) is 3. The molecule has 1 aromatic carbocycles. The number of ether oxygens (including phenoxy) is 1. The van der Waals surface area contributed by atoms with Crippen molar-refractivity contribution in [1.82, 2.24) is 5.43 Å². The number of hydrazine groups is 1. The summed E-state index contributed by atoms with van der Waals surface area (Å²) in [6.07, 6.45) is 0.843. The third-order valence-electron chi connectivity index (χ3n) is 2.39. The predicted molar refractivity (Wildman–Crippen MR) is 62.6 cm³/mol. The molecule has 0 bridgehead atoms. The minimum absolute atomic E-state index is 0.124. The van der Waals surface area contributed by atoms with Gasteiger partial charge in [0.15, 0.2) is 0 Å². The van der Waals surface area contributed by atoms with Gasteiger partial charge < -0.3 is 4.74 Å². The van der Waals surface area contributed by atoms with Crippen LogP contribution in [0.3, 0.4) is 0 Å². The van der Waals surface area contributed by atoms with Crippen LogP contribution in [0.25, 0.3) is 0 Å². The van der Waals surface area contributed by atoms with E-state index in [2.05, 4.69) is 12.0 Å². The van der Waals surface area contributed by atoms with Crippen LogP contribution in [0.4, 0.5) is 0 Å². The molecule has 0 aliphatic heterocycles. The Morgan fingerprint density at radius 1 is 1.47 bits per heavy atom. The van der Waals surface area contributed by atoms with Crippen molar-refractivity contribution in [3.63, 3.8) is 0 Å². The summed E-state index contributed by atoms with van der Waals surface area (Å²) in [6, 6.07) is 8.08. The van der Waals surface area contributed by atoms with Gasteiger partial charge in [-0.15, -0.1) is 0 Å². The van der Waals surface area contributed by atoms with Gasteiger partial charge in [-0.05, 0) is 31.0 Å². The molecule has 0 fully saturated rings. The van der Waals surface area contributed by atoms with Crippen molar-refractivity contribution in [3.05, 3.63) is 42.0 Å². The van der Waals surface area contributed by atoms with Gasteiger partial charge in [-0.1, -0.05) is 24.3 Å². The highest BCUT2D eigenvalue weighted by molar-refractivity contribution is 5.28. The van der Waals surface area contributed by atoms with Crippen LogP contribution in [-0.4, -0.2) is 13.2 Å². The summed E-state index contributed by atoms with van der Waals surface area (Å²) in [5, 5.41) is 0. The van der Waals surface area contributed by atoms with Gasteiger partial charge in [0.2, 0.25) is 0 Å². The lowest BCUT2D eigenvalue weighted by molar-refractivity contribution is 0.414. The number of hydrogen-bond donors (Lipinski definition) is 2. The molecule has 3 heteroatoms. The van der Waals surface area contributed by atoms with Crippen molar-refractivity contribution in [2.75, 3.05) is 7.11 Å². The molecular weight excluding hydrogens is 188 g/mol. The van der Waals surface area contributed by atoms with E-state index in [9.17, 15) is 0 Å². The molecule has 3 nitrogen and oxygen atoms in total. The Balaban J connectivity index is 2.67. The Morgan fingerprint density at radius 2 is 2.07 bits per heavy atom. The first-order chi connectivity index (χ1) is 7.17. The van der Waals surface area contributed by atoms with Crippen LogP contribution in [0, 0.1) is 0 Å². The molecular formula is C12H18N2O. The van der Waals surface area contributed by atoms with Crippen molar-refractivity contribution in [3.8, 4) is 5.75 Å². The second-order valence-corrected chi connectivity index (χ2v) is 3.62. The lowest BCUT2D eigenvalue weighted by Gasteiger charge is -2.15. The molecule has 0 aliphatic rings. The van der Waals surface area contributed by atoms with Gasteiger partial charge in [-0.3, -0.25) is 11.3 Å². The average molecular weight is 206 g/mol. The van der Waals surface area contributed by atoms with E-state index >= 15 is 0 Å². The predicted octanol–water partition coefficient (Wildman–Crippen LogP) is 1.65. The van der Waals surface area contributed by atoms with Crippen molar-refractivity contribution >= 4 is 0 Å². The maximum atomic E-state index is 5.44. The van der Waals surface area contributed by atoms with Crippen LogP contribution < -0.4 is 16.0 Å². The molecule has 0 heterocycles. The summed E-state index contributed by atoms with van der Waals surface area (Å²) in [5.41, 5.74) is 4.99. The second kappa shape index (κ2) is 5.53. The number of nitrogens with one attached hydrogen (secondary N) is 1. The maximum Gasteiger partial charge on any atom is 0.118 e. The first-order valence-corrected chi connectivity index (χ1v) is 4.92. The average Bonchev–Trinajstić information content (AvgIpc) is 2.26. The van der Waals surface area contributed by atoms with Crippen LogP contribution in [0.5, 0.6) is 5.75 Å². The minimum Gasteiger partial charge on any atom is -0.497 e. The quantitative estimate of drug-likeness (QED) is 0.437. The fourth-order valence-electron chi connectivity index (χ4n) is 1.37. The SMILES string of the molecule is C=C(C)C(Cc1ccc(OC)cc1)NN. The molecule has 1 atom stereocenters.